The molecule has 1 saturated carbocycles. The molecular weight excluding hydrogens is 474 g/mol. The number of fused-ring (bicyclic) bond motifs is 1. The number of likely N-dealkylation sites (tertiary alicyclic amines) is 1. The molecule has 3 aromatic heterocycles. The molecule has 0 bridgehead atoms. The second-order valence-electron chi connectivity index (χ2n) is 9.63. The largest absolute Gasteiger partial charge is 0.339 e. The fraction of sp³-hybridized carbons (Fsp3) is 0.259. The number of benzene rings is 1. The number of amides is 2. The number of hydrogen-bond acceptors (Lipinski definition) is 5. The zero-order valence-corrected chi connectivity index (χ0v) is 20.4. The van der Waals surface area contributed by atoms with Gasteiger partial charge in [-0.05, 0) is 61.1 Å². The highest BCUT2D eigenvalue weighted by atomic mass is 32.1. The zero-order valence-electron chi connectivity index (χ0n) is 19.6. The maximum absolute atomic E-state index is 13.2. The molecule has 0 atom stereocenters. The van der Waals surface area contributed by atoms with Crippen LogP contribution in [0.4, 0.5) is 5.95 Å². The fourth-order valence-corrected chi connectivity index (χ4v) is 6.45. The number of aromatic nitrogens is 3. The minimum atomic E-state index is -0.218. The Morgan fingerprint density at radius 3 is 2.78 bits per heavy atom. The van der Waals surface area contributed by atoms with Crippen LogP contribution in [0.2, 0.25) is 0 Å². The number of pyridine rings is 1. The predicted molar refractivity (Wildman–Crippen MR) is 140 cm³/mol. The van der Waals surface area contributed by atoms with E-state index in [-0.39, 0.29) is 28.8 Å². The molecule has 2 amide bonds. The topological polar surface area (TPSA) is 100 Å². The van der Waals surface area contributed by atoms with Crippen molar-refractivity contribution < 1.29 is 9.59 Å². The lowest BCUT2D eigenvalue weighted by Crippen LogP contribution is -2.42. The van der Waals surface area contributed by atoms with Gasteiger partial charge < -0.3 is 14.5 Å². The number of rotatable bonds is 5. The smallest absolute Gasteiger partial charge is 0.268 e. The Labute approximate surface area is 211 Å². The number of thiophene rings is 1. The number of imidazole rings is 1. The van der Waals surface area contributed by atoms with Crippen LogP contribution in [0.15, 0.2) is 72.2 Å². The Morgan fingerprint density at radius 2 is 2.00 bits per heavy atom. The summed E-state index contributed by atoms with van der Waals surface area (Å²) in [7, 11) is 0. The Bertz CT molecular complexity index is 1540. The summed E-state index contributed by atoms with van der Waals surface area (Å²) in [4.78, 5) is 47.4. The number of H-pyrrole nitrogens is 1. The molecule has 9 heteroatoms. The second kappa shape index (κ2) is 8.60. The molecule has 4 heterocycles. The van der Waals surface area contributed by atoms with Crippen LogP contribution < -0.4 is 10.9 Å². The van der Waals surface area contributed by atoms with Gasteiger partial charge in [-0.1, -0.05) is 18.7 Å². The van der Waals surface area contributed by atoms with Crippen LogP contribution in [0.3, 0.4) is 0 Å². The Morgan fingerprint density at radius 1 is 1.17 bits per heavy atom. The van der Waals surface area contributed by atoms with E-state index >= 15 is 0 Å². The van der Waals surface area contributed by atoms with Crippen molar-refractivity contribution in [3.63, 3.8) is 0 Å². The number of anilines is 1. The van der Waals surface area contributed by atoms with E-state index in [0.29, 0.717) is 10.8 Å². The maximum atomic E-state index is 13.2. The summed E-state index contributed by atoms with van der Waals surface area (Å²) in [6.45, 7) is 5.14. The minimum Gasteiger partial charge on any atom is -0.339 e. The van der Waals surface area contributed by atoms with E-state index in [0.717, 1.165) is 53.8 Å². The number of nitrogens with zero attached hydrogens (tertiary/aromatic N) is 3. The van der Waals surface area contributed by atoms with Crippen LogP contribution >= 0.6 is 11.3 Å². The molecule has 0 radical (unpaired) electrons. The number of carbonyl (C=O) groups excluding carboxylic acids is 2. The van der Waals surface area contributed by atoms with Gasteiger partial charge in [-0.25, -0.2) is 4.98 Å². The summed E-state index contributed by atoms with van der Waals surface area (Å²) in [5.74, 6) is 0.315. The Hall–Kier alpha value is -3.98. The lowest BCUT2D eigenvalue weighted by molar-refractivity contribution is -0.125. The lowest BCUT2D eigenvalue weighted by atomic mass is 9.65. The van der Waals surface area contributed by atoms with Gasteiger partial charge in [0.1, 0.15) is 0 Å². The monoisotopic (exact) mass is 499 g/mol. The summed E-state index contributed by atoms with van der Waals surface area (Å²) < 4.78 is 2.15. The molecule has 36 heavy (non-hydrogen) atoms. The molecule has 4 aromatic rings. The van der Waals surface area contributed by atoms with Gasteiger partial charge in [0.15, 0.2) is 0 Å². The van der Waals surface area contributed by atoms with Crippen LogP contribution in [0, 0.1) is 5.41 Å². The normalized spacial score (nSPS) is 21.0. The van der Waals surface area contributed by atoms with Crippen molar-refractivity contribution in [1.82, 2.24) is 19.4 Å². The third-order valence-corrected chi connectivity index (χ3v) is 8.48. The number of aromatic amines is 1. The molecule has 1 aromatic carbocycles. The zero-order chi connectivity index (χ0) is 24.9. The Balaban J connectivity index is 1.24. The van der Waals surface area contributed by atoms with Gasteiger partial charge in [0, 0.05) is 41.8 Å². The average Bonchev–Trinajstić information content (AvgIpc) is 3.60. The van der Waals surface area contributed by atoms with Crippen molar-refractivity contribution in [2.45, 2.75) is 25.3 Å². The van der Waals surface area contributed by atoms with Crippen LogP contribution in [-0.4, -0.2) is 44.3 Å². The third kappa shape index (κ3) is 3.85. The molecule has 2 aliphatic rings. The first-order valence-corrected chi connectivity index (χ1v) is 12.7. The van der Waals surface area contributed by atoms with E-state index in [2.05, 4.69) is 21.4 Å². The Kier molecular flexibility index (Phi) is 5.37. The first-order valence-electron chi connectivity index (χ1n) is 11.9. The number of para-hydroxylation sites is 2. The molecular formula is C27H25N5O3S. The van der Waals surface area contributed by atoms with Gasteiger partial charge in [-0.2, -0.15) is 0 Å². The van der Waals surface area contributed by atoms with Crippen molar-refractivity contribution in [1.29, 1.82) is 0 Å². The highest BCUT2D eigenvalue weighted by Crippen LogP contribution is 2.55. The van der Waals surface area contributed by atoms with Crippen LogP contribution in [-0.2, 0) is 4.79 Å². The van der Waals surface area contributed by atoms with Gasteiger partial charge in [-0.15, -0.1) is 11.3 Å². The summed E-state index contributed by atoms with van der Waals surface area (Å²) in [6, 6.07) is 15.0. The van der Waals surface area contributed by atoms with E-state index in [1.165, 1.54) is 23.5 Å². The maximum Gasteiger partial charge on any atom is 0.268 e. The number of hydrogen-bond donors (Lipinski definition) is 2. The van der Waals surface area contributed by atoms with E-state index in [9.17, 15) is 14.4 Å². The SMILES string of the molecule is C=CC(=O)N1CCC2(CC(n3c(NC(=O)c4ccc(-c5ccc(=O)[nH]c5)s4)nc4ccccc43)C2)C1. The molecule has 1 spiro atoms. The highest BCUT2D eigenvalue weighted by molar-refractivity contribution is 7.17. The molecule has 1 aliphatic carbocycles. The number of carbonyl (C=O) groups is 2. The highest BCUT2D eigenvalue weighted by Gasteiger charge is 2.50. The standard InChI is InChI=1S/C27H25N5O3S/c1-2-24(34)31-12-11-27(16-31)13-18(14-27)32-20-6-4-3-5-19(20)29-26(32)30-25(35)22-9-8-21(36-22)17-7-10-23(33)28-15-17/h2-10,15,18H,1,11-14,16H2,(H,28,33)(H,29,30,35). The molecule has 2 fully saturated rings. The third-order valence-electron chi connectivity index (χ3n) is 7.35. The molecule has 2 N–H and O–H groups in total. The van der Waals surface area contributed by atoms with E-state index in [4.69, 9.17) is 4.98 Å². The summed E-state index contributed by atoms with van der Waals surface area (Å²) >= 11 is 1.36. The van der Waals surface area contributed by atoms with Crippen LogP contribution in [0.25, 0.3) is 21.5 Å². The predicted octanol–water partition coefficient (Wildman–Crippen LogP) is 4.45. The summed E-state index contributed by atoms with van der Waals surface area (Å²) in [6.07, 6.45) is 5.90. The van der Waals surface area contributed by atoms with Crippen molar-refractivity contribution in [2.75, 3.05) is 18.4 Å². The van der Waals surface area contributed by atoms with Gasteiger partial charge in [0.05, 0.1) is 15.9 Å². The molecule has 1 aliphatic heterocycles. The van der Waals surface area contributed by atoms with Crippen LogP contribution in [0.1, 0.15) is 35.0 Å². The van der Waals surface area contributed by atoms with E-state index < -0.39 is 0 Å². The molecule has 8 nitrogen and oxygen atoms in total. The first kappa shape index (κ1) is 22.5. The molecule has 182 valence electrons. The van der Waals surface area contributed by atoms with Crippen molar-refractivity contribution in [3.05, 3.63) is 82.6 Å². The minimum absolute atomic E-state index is 0.00598. The van der Waals surface area contributed by atoms with E-state index in [1.807, 2.05) is 35.2 Å². The number of nitrogens with one attached hydrogen (secondary N) is 2. The average molecular weight is 500 g/mol. The van der Waals surface area contributed by atoms with Crippen molar-refractivity contribution in [3.8, 4) is 10.4 Å². The molecule has 1 saturated heterocycles. The van der Waals surface area contributed by atoms with E-state index in [1.54, 1.807) is 18.3 Å². The van der Waals surface area contributed by atoms with Crippen LogP contribution in [0.5, 0.6) is 0 Å². The van der Waals surface area contributed by atoms with Crippen molar-refractivity contribution in [2.24, 2.45) is 5.41 Å². The second-order valence-corrected chi connectivity index (χ2v) is 10.7. The quantitative estimate of drug-likeness (QED) is 0.397. The molecule has 0 unspecified atom stereocenters. The van der Waals surface area contributed by atoms with Crippen molar-refractivity contribution >= 4 is 40.1 Å². The van der Waals surface area contributed by atoms with Gasteiger partial charge in [0.2, 0.25) is 17.4 Å². The summed E-state index contributed by atoms with van der Waals surface area (Å²) in [5, 5.41) is 3.04. The van der Waals surface area contributed by atoms with Gasteiger partial charge in [0.25, 0.3) is 5.91 Å². The fourth-order valence-electron chi connectivity index (χ4n) is 5.55. The first-order chi connectivity index (χ1) is 17.4. The molecule has 6 rings (SSSR count). The van der Waals surface area contributed by atoms with Gasteiger partial charge in [-0.3, -0.25) is 19.7 Å². The lowest BCUT2D eigenvalue weighted by Gasteiger charge is -2.46. The van der Waals surface area contributed by atoms with Gasteiger partial charge >= 0.3 is 0 Å². The summed E-state index contributed by atoms with van der Waals surface area (Å²) in [5.41, 5.74) is 2.64.